The highest BCUT2D eigenvalue weighted by Gasteiger charge is 2.42. The zero-order valence-electron chi connectivity index (χ0n) is 12.0. The normalized spacial score (nSPS) is 25.4. The van der Waals surface area contributed by atoms with Crippen LogP contribution < -0.4 is 4.74 Å². The van der Waals surface area contributed by atoms with Crippen LogP contribution in [-0.2, 0) is 19.3 Å². The van der Waals surface area contributed by atoms with Crippen LogP contribution in [-0.4, -0.2) is 52.0 Å². The van der Waals surface area contributed by atoms with Crippen molar-refractivity contribution in [3.8, 4) is 5.75 Å². The summed E-state index contributed by atoms with van der Waals surface area (Å²) >= 11 is 3.54. The van der Waals surface area contributed by atoms with E-state index in [-0.39, 0.29) is 21.9 Å². The van der Waals surface area contributed by atoms with E-state index < -0.39 is 9.84 Å². The Morgan fingerprint density at radius 1 is 1.33 bits per heavy atom. The lowest BCUT2D eigenvalue weighted by molar-refractivity contribution is -0.0866. The lowest BCUT2D eigenvalue weighted by Crippen LogP contribution is -2.52. The predicted molar refractivity (Wildman–Crippen MR) is 82.9 cm³/mol. The van der Waals surface area contributed by atoms with Gasteiger partial charge in [0, 0.05) is 24.6 Å². The van der Waals surface area contributed by atoms with E-state index in [2.05, 4.69) is 15.9 Å². The molecular weight excluding hydrogens is 360 g/mol. The zero-order chi connectivity index (χ0) is 15.5. The number of rotatable bonds is 7. The van der Waals surface area contributed by atoms with Gasteiger partial charge in [-0.25, -0.2) is 8.42 Å². The quantitative estimate of drug-likeness (QED) is 0.536. The van der Waals surface area contributed by atoms with Crippen LogP contribution in [0.2, 0.25) is 0 Å². The van der Waals surface area contributed by atoms with Crippen molar-refractivity contribution in [2.24, 2.45) is 0 Å². The van der Waals surface area contributed by atoms with Gasteiger partial charge >= 0.3 is 0 Å². The first-order chi connectivity index (χ1) is 9.91. The summed E-state index contributed by atoms with van der Waals surface area (Å²) in [4.78, 5) is 0.504. The standard InChI is InChI=1S/C14H19BrO5S/c1-18-6-7-19-14-12(15)9-13(14)20-10-4-3-5-11(8-10)21(2,16)17/h3-5,8,12-14H,6-7,9H2,1-2H3. The molecule has 0 heterocycles. The molecule has 5 nitrogen and oxygen atoms in total. The number of benzene rings is 1. The summed E-state index contributed by atoms with van der Waals surface area (Å²) in [7, 11) is -1.60. The Balaban J connectivity index is 1.98. The van der Waals surface area contributed by atoms with Crippen LogP contribution in [0.3, 0.4) is 0 Å². The van der Waals surface area contributed by atoms with Crippen molar-refractivity contribution >= 4 is 25.8 Å². The molecule has 3 unspecified atom stereocenters. The number of ether oxygens (including phenoxy) is 3. The van der Waals surface area contributed by atoms with E-state index in [1.54, 1.807) is 31.4 Å². The predicted octanol–water partition coefficient (Wildman–Crippen LogP) is 2.04. The molecule has 1 aromatic carbocycles. The molecule has 21 heavy (non-hydrogen) atoms. The summed E-state index contributed by atoms with van der Waals surface area (Å²) in [6, 6.07) is 6.53. The van der Waals surface area contributed by atoms with Crippen molar-refractivity contribution in [2.45, 2.75) is 28.4 Å². The molecule has 0 saturated heterocycles. The Morgan fingerprint density at radius 2 is 2.10 bits per heavy atom. The number of sulfone groups is 1. The number of hydrogen-bond acceptors (Lipinski definition) is 5. The number of hydrogen-bond donors (Lipinski definition) is 0. The third kappa shape index (κ3) is 4.42. The van der Waals surface area contributed by atoms with Gasteiger partial charge < -0.3 is 14.2 Å². The molecule has 3 atom stereocenters. The first-order valence-electron chi connectivity index (χ1n) is 6.63. The molecule has 0 amide bonds. The summed E-state index contributed by atoms with van der Waals surface area (Å²) < 4.78 is 39.6. The third-order valence-electron chi connectivity index (χ3n) is 3.30. The van der Waals surface area contributed by atoms with Gasteiger partial charge in [0.15, 0.2) is 9.84 Å². The van der Waals surface area contributed by atoms with Gasteiger partial charge in [-0.1, -0.05) is 22.0 Å². The van der Waals surface area contributed by atoms with Crippen LogP contribution >= 0.6 is 15.9 Å². The maximum absolute atomic E-state index is 11.5. The van der Waals surface area contributed by atoms with Crippen LogP contribution in [0.1, 0.15) is 6.42 Å². The van der Waals surface area contributed by atoms with Crippen molar-refractivity contribution in [1.29, 1.82) is 0 Å². The average Bonchev–Trinajstić information content (AvgIpc) is 2.42. The fourth-order valence-electron chi connectivity index (χ4n) is 2.07. The second kappa shape index (κ2) is 7.09. The molecule has 0 spiro atoms. The fraction of sp³-hybridized carbons (Fsp3) is 0.571. The molecule has 0 aliphatic heterocycles. The summed E-state index contributed by atoms with van der Waals surface area (Å²) in [5.74, 6) is 0.544. The molecule has 0 radical (unpaired) electrons. The van der Waals surface area contributed by atoms with Gasteiger partial charge in [-0.3, -0.25) is 0 Å². The summed E-state index contributed by atoms with van der Waals surface area (Å²) in [5, 5.41) is 0. The maximum Gasteiger partial charge on any atom is 0.175 e. The Bertz CT molecular complexity index is 574. The van der Waals surface area contributed by atoms with E-state index in [0.717, 1.165) is 6.42 Å². The Hall–Kier alpha value is -0.630. The van der Waals surface area contributed by atoms with Gasteiger partial charge in [0.05, 0.1) is 18.1 Å². The molecule has 118 valence electrons. The van der Waals surface area contributed by atoms with Gasteiger partial charge in [0.2, 0.25) is 0 Å². The van der Waals surface area contributed by atoms with Crippen molar-refractivity contribution in [3.05, 3.63) is 24.3 Å². The summed E-state index contributed by atoms with van der Waals surface area (Å²) in [6.45, 7) is 1.04. The van der Waals surface area contributed by atoms with E-state index >= 15 is 0 Å². The van der Waals surface area contributed by atoms with Crippen molar-refractivity contribution < 1.29 is 22.6 Å². The fourth-order valence-corrected chi connectivity index (χ4v) is 3.59. The minimum absolute atomic E-state index is 0.0537. The van der Waals surface area contributed by atoms with Crippen LogP contribution in [0.4, 0.5) is 0 Å². The van der Waals surface area contributed by atoms with E-state index in [0.29, 0.717) is 19.0 Å². The van der Waals surface area contributed by atoms with Gasteiger partial charge in [0.1, 0.15) is 18.0 Å². The third-order valence-corrected chi connectivity index (χ3v) is 5.30. The van der Waals surface area contributed by atoms with Crippen molar-refractivity contribution in [2.75, 3.05) is 26.6 Å². The van der Waals surface area contributed by atoms with E-state index in [1.165, 1.54) is 6.26 Å². The second-order valence-electron chi connectivity index (χ2n) is 4.98. The minimum Gasteiger partial charge on any atom is -0.488 e. The smallest absolute Gasteiger partial charge is 0.175 e. The molecule has 1 saturated carbocycles. The monoisotopic (exact) mass is 378 g/mol. The Kier molecular flexibility index (Phi) is 5.65. The molecule has 0 aromatic heterocycles. The lowest BCUT2D eigenvalue weighted by atomic mass is 9.91. The van der Waals surface area contributed by atoms with Gasteiger partial charge in [-0.05, 0) is 18.2 Å². The highest BCUT2D eigenvalue weighted by atomic mass is 79.9. The minimum atomic E-state index is -3.23. The highest BCUT2D eigenvalue weighted by Crippen LogP contribution is 2.34. The molecule has 1 aliphatic rings. The van der Waals surface area contributed by atoms with Crippen LogP contribution in [0.25, 0.3) is 0 Å². The lowest BCUT2D eigenvalue weighted by Gasteiger charge is -2.40. The van der Waals surface area contributed by atoms with Crippen molar-refractivity contribution in [1.82, 2.24) is 0 Å². The molecule has 7 heteroatoms. The zero-order valence-corrected chi connectivity index (χ0v) is 14.4. The summed E-state index contributed by atoms with van der Waals surface area (Å²) in [6.07, 6.45) is 1.87. The van der Waals surface area contributed by atoms with Crippen LogP contribution in [0.15, 0.2) is 29.2 Å². The number of methoxy groups -OCH3 is 1. The molecule has 1 aliphatic carbocycles. The SMILES string of the molecule is COCCOC1C(Br)CC1Oc1cccc(S(C)(=O)=O)c1. The first-order valence-corrected chi connectivity index (χ1v) is 9.44. The largest absolute Gasteiger partial charge is 0.488 e. The second-order valence-corrected chi connectivity index (χ2v) is 8.18. The molecule has 0 N–H and O–H groups in total. The van der Waals surface area contributed by atoms with Crippen molar-refractivity contribution in [3.63, 3.8) is 0 Å². The number of alkyl halides is 1. The Labute approximate surface area is 133 Å². The van der Waals surface area contributed by atoms with Gasteiger partial charge in [0.25, 0.3) is 0 Å². The molecule has 1 aromatic rings. The first kappa shape index (κ1) is 16.7. The Morgan fingerprint density at radius 3 is 2.71 bits per heavy atom. The molecule has 1 fully saturated rings. The molecule has 0 bridgehead atoms. The van der Waals surface area contributed by atoms with E-state index in [1.807, 2.05) is 0 Å². The molecule has 2 rings (SSSR count). The maximum atomic E-state index is 11.5. The van der Waals surface area contributed by atoms with Gasteiger partial charge in [-0.15, -0.1) is 0 Å². The summed E-state index contributed by atoms with van der Waals surface area (Å²) in [5.41, 5.74) is 0. The topological polar surface area (TPSA) is 61.8 Å². The van der Waals surface area contributed by atoms with Gasteiger partial charge in [-0.2, -0.15) is 0 Å². The van der Waals surface area contributed by atoms with E-state index in [4.69, 9.17) is 14.2 Å². The molecular formula is C14H19BrO5S. The van der Waals surface area contributed by atoms with Crippen LogP contribution in [0.5, 0.6) is 5.75 Å². The van der Waals surface area contributed by atoms with E-state index in [9.17, 15) is 8.42 Å². The highest BCUT2D eigenvalue weighted by molar-refractivity contribution is 9.09. The number of halogens is 1. The van der Waals surface area contributed by atoms with Crippen LogP contribution in [0, 0.1) is 0 Å². The average molecular weight is 379 g/mol.